The van der Waals surface area contributed by atoms with Gasteiger partial charge in [-0.3, -0.25) is 0 Å². The zero-order valence-corrected chi connectivity index (χ0v) is 10.1. The lowest BCUT2D eigenvalue weighted by Crippen LogP contribution is -2.11. The van der Waals surface area contributed by atoms with E-state index in [9.17, 15) is 13.2 Å². The molecule has 0 aliphatic heterocycles. The molecule has 1 N–H and O–H groups in total. The average molecular weight is 271 g/mol. The molecule has 0 bridgehead atoms. The lowest BCUT2D eigenvalue weighted by molar-refractivity contribution is -0.137. The monoisotopic (exact) mass is 271 g/mol. The summed E-state index contributed by atoms with van der Waals surface area (Å²) in [5, 5.41) is 2.70. The molecule has 1 heterocycles. The predicted molar refractivity (Wildman–Crippen MR) is 64.0 cm³/mol. The maximum Gasteiger partial charge on any atom is 0.418 e. The Hall–Kier alpha value is -2.11. The molecule has 0 radical (unpaired) electrons. The van der Waals surface area contributed by atoms with Crippen LogP contribution in [0.5, 0.6) is 5.75 Å². The molecule has 2 rings (SSSR count). The van der Waals surface area contributed by atoms with Crippen molar-refractivity contribution in [2.24, 2.45) is 0 Å². The van der Waals surface area contributed by atoms with Gasteiger partial charge in [-0.15, -0.1) is 0 Å². The number of furan rings is 1. The number of anilines is 1. The highest BCUT2D eigenvalue weighted by molar-refractivity contribution is 5.55. The molecule has 6 heteroatoms. The van der Waals surface area contributed by atoms with Gasteiger partial charge in [-0.2, -0.15) is 13.2 Å². The number of halogens is 3. The molecule has 0 atom stereocenters. The van der Waals surface area contributed by atoms with Crippen molar-refractivity contribution in [1.29, 1.82) is 0 Å². The van der Waals surface area contributed by atoms with E-state index in [0.29, 0.717) is 5.76 Å². The van der Waals surface area contributed by atoms with Crippen LogP contribution in [0.2, 0.25) is 0 Å². The molecule has 0 saturated heterocycles. The van der Waals surface area contributed by atoms with Crippen molar-refractivity contribution in [2.45, 2.75) is 12.7 Å². The molecule has 1 aromatic heterocycles. The molecule has 0 aliphatic rings. The second-order valence-corrected chi connectivity index (χ2v) is 3.84. The smallest absolute Gasteiger partial charge is 0.418 e. The van der Waals surface area contributed by atoms with Gasteiger partial charge in [0.1, 0.15) is 11.5 Å². The Morgan fingerprint density at radius 3 is 2.63 bits per heavy atom. The molecule has 1 aromatic carbocycles. The Kier molecular flexibility index (Phi) is 3.69. The van der Waals surface area contributed by atoms with Crippen LogP contribution < -0.4 is 10.1 Å². The van der Waals surface area contributed by atoms with Crippen LogP contribution in [-0.2, 0) is 12.7 Å². The highest BCUT2D eigenvalue weighted by Gasteiger charge is 2.34. The Labute approximate surface area is 108 Å². The van der Waals surface area contributed by atoms with Gasteiger partial charge >= 0.3 is 6.18 Å². The normalized spacial score (nSPS) is 11.4. The number of ether oxygens (including phenoxy) is 1. The Morgan fingerprint density at radius 2 is 2.05 bits per heavy atom. The molecular formula is C13H12F3NO2. The average Bonchev–Trinajstić information content (AvgIpc) is 2.88. The van der Waals surface area contributed by atoms with Crippen molar-refractivity contribution in [3.05, 3.63) is 47.9 Å². The first-order valence-electron chi connectivity index (χ1n) is 5.52. The quantitative estimate of drug-likeness (QED) is 0.915. The van der Waals surface area contributed by atoms with Gasteiger partial charge in [0.25, 0.3) is 0 Å². The number of methoxy groups -OCH3 is 1. The van der Waals surface area contributed by atoms with Gasteiger partial charge in [0.15, 0.2) is 0 Å². The van der Waals surface area contributed by atoms with E-state index in [2.05, 4.69) is 5.32 Å². The molecule has 0 amide bonds. The summed E-state index contributed by atoms with van der Waals surface area (Å²) >= 11 is 0. The van der Waals surface area contributed by atoms with Crippen molar-refractivity contribution in [2.75, 3.05) is 12.4 Å². The largest absolute Gasteiger partial charge is 0.497 e. The lowest BCUT2D eigenvalue weighted by Gasteiger charge is -2.15. The minimum atomic E-state index is -4.44. The van der Waals surface area contributed by atoms with Crippen molar-refractivity contribution in [3.8, 4) is 5.75 Å². The van der Waals surface area contributed by atoms with E-state index in [4.69, 9.17) is 9.15 Å². The van der Waals surface area contributed by atoms with Crippen molar-refractivity contribution in [3.63, 3.8) is 0 Å². The fourth-order valence-corrected chi connectivity index (χ4v) is 1.63. The van der Waals surface area contributed by atoms with Gasteiger partial charge < -0.3 is 14.5 Å². The third kappa shape index (κ3) is 3.21. The first-order valence-corrected chi connectivity index (χ1v) is 5.52. The second-order valence-electron chi connectivity index (χ2n) is 3.84. The van der Waals surface area contributed by atoms with Crippen LogP contribution in [0.4, 0.5) is 18.9 Å². The van der Waals surface area contributed by atoms with Crippen LogP contribution in [0.3, 0.4) is 0 Å². The van der Waals surface area contributed by atoms with Crippen LogP contribution >= 0.6 is 0 Å². The minimum absolute atomic E-state index is 0.00954. The van der Waals surface area contributed by atoms with Crippen molar-refractivity contribution in [1.82, 2.24) is 0 Å². The molecule has 0 saturated carbocycles. The Morgan fingerprint density at radius 1 is 1.26 bits per heavy atom. The van der Waals surface area contributed by atoms with Gasteiger partial charge in [-0.1, -0.05) is 0 Å². The van der Waals surface area contributed by atoms with Gasteiger partial charge in [0.2, 0.25) is 0 Å². The molecular weight excluding hydrogens is 259 g/mol. The van der Waals surface area contributed by atoms with Crippen LogP contribution in [-0.4, -0.2) is 7.11 Å². The van der Waals surface area contributed by atoms with E-state index in [1.807, 2.05) is 0 Å². The topological polar surface area (TPSA) is 34.4 Å². The molecule has 0 spiro atoms. The highest BCUT2D eigenvalue weighted by Crippen LogP contribution is 2.37. The second kappa shape index (κ2) is 5.26. The number of hydrogen-bond acceptors (Lipinski definition) is 3. The molecule has 0 fully saturated rings. The van der Waals surface area contributed by atoms with E-state index < -0.39 is 11.7 Å². The third-order valence-corrected chi connectivity index (χ3v) is 2.57. The molecule has 2 aromatic rings. The van der Waals surface area contributed by atoms with E-state index in [-0.39, 0.29) is 18.0 Å². The minimum Gasteiger partial charge on any atom is -0.497 e. The fourth-order valence-electron chi connectivity index (χ4n) is 1.63. The van der Waals surface area contributed by atoms with E-state index in [1.54, 1.807) is 12.1 Å². The standard InChI is InChI=1S/C13H12F3NO2/c1-18-9-4-5-12(11(7-9)13(14,15)16)17-8-10-3-2-6-19-10/h2-7,17H,8H2,1H3. The Balaban J connectivity index is 2.23. The maximum atomic E-state index is 12.9. The molecule has 0 aliphatic carbocycles. The van der Waals surface area contributed by atoms with Gasteiger partial charge in [0.05, 0.1) is 25.5 Å². The van der Waals surface area contributed by atoms with Gasteiger partial charge in [-0.25, -0.2) is 0 Å². The zero-order valence-electron chi connectivity index (χ0n) is 10.1. The van der Waals surface area contributed by atoms with Crippen LogP contribution in [0, 0.1) is 0 Å². The number of nitrogens with one attached hydrogen (secondary N) is 1. The predicted octanol–water partition coefficient (Wildman–Crippen LogP) is 3.92. The summed E-state index contributed by atoms with van der Waals surface area (Å²) in [5.41, 5.74) is -0.775. The summed E-state index contributed by atoms with van der Waals surface area (Å²) in [4.78, 5) is 0. The third-order valence-electron chi connectivity index (χ3n) is 2.57. The maximum absolute atomic E-state index is 12.9. The number of alkyl halides is 3. The summed E-state index contributed by atoms with van der Waals surface area (Å²) < 4.78 is 48.6. The summed E-state index contributed by atoms with van der Waals surface area (Å²) in [6.45, 7) is 0.183. The first kappa shape index (κ1) is 13.3. The first-order chi connectivity index (χ1) is 9.00. The van der Waals surface area contributed by atoms with Crippen LogP contribution in [0.15, 0.2) is 41.0 Å². The molecule has 102 valence electrons. The summed E-state index contributed by atoms with van der Waals surface area (Å²) in [6.07, 6.45) is -2.98. The molecule has 0 unspecified atom stereocenters. The summed E-state index contributed by atoms with van der Waals surface area (Å²) in [6, 6.07) is 7.13. The highest BCUT2D eigenvalue weighted by atomic mass is 19.4. The summed E-state index contributed by atoms with van der Waals surface area (Å²) in [7, 11) is 1.32. The van der Waals surface area contributed by atoms with Crippen molar-refractivity contribution >= 4 is 5.69 Å². The van der Waals surface area contributed by atoms with Crippen LogP contribution in [0.1, 0.15) is 11.3 Å². The Bertz CT molecular complexity index is 535. The van der Waals surface area contributed by atoms with Crippen LogP contribution in [0.25, 0.3) is 0 Å². The van der Waals surface area contributed by atoms with E-state index >= 15 is 0 Å². The molecule has 19 heavy (non-hydrogen) atoms. The molecule has 3 nitrogen and oxygen atoms in total. The number of benzene rings is 1. The lowest BCUT2D eigenvalue weighted by atomic mass is 10.1. The van der Waals surface area contributed by atoms with E-state index in [0.717, 1.165) is 6.07 Å². The van der Waals surface area contributed by atoms with E-state index in [1.165, 1.54) is 25.5 Å². The van der Waals surface area contributed by atoms with Gasteiger partial charge in [0, 0.05) is 5.69 Å². The fraction of sp³-hybridized carbons (Fsp3) is 0.231. The number of hydrogen-bond donors (Lipinski definition) is 1. The van der Waals surface area contributed by atoms with Gasteiger partial charge in [-0.05, 0) is 30.3 Å². The SMILES string of the molecule is COc1ccc(NCc2ccco2)c(C(F)(F)F)c1. The van der Waals surface area contributed by atoms with Crippen molar-refractivity contribution < 1.29 is 22.3 Å². The summed E-state index contributed by atoms with van der Waals surface area (Å²) in [5.74, 6) is 0.722. The number of rotatable bonds is 4. The zero-order chi connectivity index (χ0) is 13.9.